The minimum atomic E-state index is 0.144. The summed E-state index contributed by atoms with van der Waals surface area (Å²) >= 11 is 0. The number of phenols is 2. The highest BCUT2D eigenvalue weighted by atomic mass is 16.3. The quantitative estimate of drug-likeness (QED) is 0.773. The Bertz CT molecular complexity index is 678. The van der Waals surface area contributed by atoms with E-state index in [9.17, 15) is 10.2 Å². The van der Waals surface area contributed by atoms with Crippen molar-refractivity contribution in [1.82, 2.24) is 0 Å². The molecular weight excluding hydrogens is 272 g/mol. The molecule has 0 saturated heterocycles. The third kappa shape index (κ3) is 4.26. The molecule has 0 bridgehead atoms. The van der Waals surface area contributed by atoms with Crippen molar-refractivity contribution in [3.63, 3.8) is 0 Å². The zero-order valence-electron chi connectivity index (χ0n) is 13.1. The van der Waals surface area contributed by atoms with Crippen molar-refractivity contribution in [2.75, 3.05) is 0 Å². The molecule has 2 N–H and O–H groups in total. The fourth-order valence-electron chi connectivity index (χ4n) is 2.23. The minimum absolute atomic E-state index is 0.144. The van der Waals surface area contributed by atoms with Crippen molar-refractivity contribution in [2.24, 2.45) is 0 Å². The Balaban J connectivity index is 2.16. The van der Waals surface area contributed by atoms with Crippen molar-refractivity contribution < 1.29 is 10.2 Å². The second-order valence-electron chi connectivity index (χ2n) is 5.57. The van der Waals surface area contributed by atoms with Crippen LogP contribution in [0, 0.1) is 0 Å². The first kappa shape index (κ1) is 15.9. The summed E-state index contributed by atoms with van der Waals surface area (Å²) in [5.74, 6) is 0.334. The van der Waals surface area contributed by atoms with E-state index in [-0.39, 0.29) is 11.5 Å². The SMILES string of the molecule is CC(C)=CCc1c(O)ccc(C/C=C/c2ccccc2)c1O. The Morgan fingerprint density at radius 3 is 2.36 bits per heavy atom. The average molecular weight is 294 g/mol. The number of rotatable bonds is 5. The van der Waals surface area contributed by atoms with E-state index in [1.807, 2.05) is 62.4 Å². The zero-order chi connectivity index (χ0) is 15.9. The van der Waals surface area contributed by atoms with Gasteiger partial charge in [-0.15, -0.1) is 0 Å². The molecular formula is C20H22O2. The van der Waals surface area contributed by atoms with E-state index in [4.69, 9.17) is 0 Å². The Morgan fingerprint density at radius 1 is 0.955 bits per heavy atom. The van der Waals surface area contributed by atoms with Crippen LogP contribution in [0.3, 0.4) is 0 Å². The minimum Gasteiger partial charge on any atom is -0.508 e. The molecule has 2 aromatic rings. The molecule has 0 amide bonds. The highest BCUT2D eigenvalue weighted by Crippen LogP contribution is 2.32. The van der Waals surface area contributed by atoms with Gasteiger partial charge in [0.2, 0.25) is 0 Å². The highest BCUT2D eigenvalue weighted by molar-refractivity contribution is 5.53. The van der Waals surface area contributed by atoms with Crippen LogP contribution in [0.1, 0.15) is 30.5 Å². The second kappa shape index (κ2) is 7.51. The lowest BCUT2D eigenvalue weighted by Crippen LogP contribution is -1.91. The van der Waals surface area contributed by atoms with Gasteiger partial charge in [0.1, 0.15) is 11.5 Å². The van der Waals surface area contributed by atoms with Crippen molar-refractivity contribution in [1.29, 1.82) is 0 Å². The molecule has 0 aliphatic carbocycles. The molecule has 2 rings (SSSR count). The van der Waals surface area contributed by atoms with Crippen LogP contribution in [-0.4, -0.2) is 10.2 Å². The maximum atomic E-state index is 10.4. The van der Waals surface area contributed by atoms with Gasteiger partial charge in [0.25, 0.3) is 0 Å². The van der Waals surface area contributed by atoms with E-state index in [1.54, 1.807) is 12.1 Å². The van der Waals surface area contributed by atoms with Crippen LogP contribution in [0.4, 0.5) is 0 Å². The molecule has 114 valence electrons. The Morgan fingerprint density at radius 2 is 1.68 bits per heavy atom. The smallest absolute Gasteiger partial charge is 0.126 e. The van der Waals surface area contributed by atoms with Gasteiger partial charge in [0.05, 0.1) is 0 Å². The number of aromatic hydroxyl groups is 2. The summed E-state index contributed by atoms with van der Waals surface area (Å²) in [7, 11) is 0. The number of allylic oxidation sites excluding steroid dienone is 3. The highest BCUT2D eigenvalue weighted by Gasteiger charge is 2.10. The van der Waals surface area contributed by atoms with Gasteiger partial charge in [-0.25, -0.2) is 0 Å². The zero-order valence-corrected chi connectivity index (χ0v) is 13.1. The van der Waals surface area contributed by atoms with Gasteiger partial charge in [-0.05, 0) is 43.9 Å². The molecule has 0 atom stereocenters. The first-order valence-electron chi connectivity index (χ1n) is 7.45. The topological polar surface area (TPSA) is 40.5 Å². The fourth-order valence-corrected chi connectivity index (χ4v) is 2.23. The summed E-state index contributed by atoms with van der Waals surface area (Å²) in [6.45, 7) is 4.00. The van der Waals surface area contributed by atoms with Gasteiger partial charge in [0.15, 0.2) is 0 Å². The van der Waals surface area contributed by atoms with Gasteiger partial charge < -0.3 is 10.2 Å². The normalized spacial score (nSPS) is 10.8. The summed E-state index contributed by atoms with van der Waals surface area (Å²) in [5, 5.41) is 20.3. The summed E-state index contributed by atoms with van der Waals surface area (Å²) in [5.41, 5.74) is 3.70. The Labute approximate surface area is 132 Å². The van der Waals surface area contributed by atoms with Crippen LogP contribution in [0.5, 0.6) is 11.5 Å². The molecule has 0 heterocycles. The van der Waals surface area contributed by atoms with Gasteiger partial charge in [-0.3, -0.25) is 0 Å². The van der Waals surface area contributed by atoms with Gasteiger partial charge in [0, 0.05) is 5.56 Å². The van der Waals surface area contributed by atoms with Crippen LogP contribution < -0.4 is 0 Å². The van der Waals surface area contributed by atoms with E-state index in [0.29, 0.717) is 18.4 Å². The molecule has 0 aliphatic rings. The van der Waals surface area contributed by atoms with E-state index < -0.39 is 0 Å². The summed E-state index contributed by atoms with van der Waals surface area (Å²) in [4.78, 5) is 0. The molecule has 0 unspecified atom stereocenters. The van der Waals surface area contributed by atoms with Gasteiger partial charge in [-0.2, -0.15) is 0 Å². The standard InChI is InChI=1S/C20H22O2/c1-15(2)11-13-18-19(21)14-12-17(20(18)22)10-6-9-16-7-4-3-5-8-16/h3-9,11-12,14,21-22H,10,13H2,1-2H3/b9-6+. The molecule has 0 aromatic heterocycles. The van der Waals surface area contributed by atoms with Crippen LogP contribution in [0.2, 0.25) is 0 Å². The van der Waals surface area contributed by atoms with Crippen molar-refractivity contribution in [3.8, 4) is 11.5 Å². The molecule has 0 aliphatic heterocycles. The van der Waals surface area contributed by atoms with E-state index in [2.05, 4.69) is 0 Å². The maximum absolute atomic E-state index is 10.4. The molecule has 0 spiro atoms. The molecule has 0 saturated carbocycles. The van der Waals surface area contributed by atoms with Crippen LogP contribution >= 0.6 is 0 Å². The van der Waals surface area contributed by atoms with Gasteiger partial charge >= 0.3 is 0 Å². The van der Waals surface area contributed by atoms with E-state index in [1.165, 1.54) is 0 Å². The second-order valence-corrected chi connectivity index (χ2v) is 5.57. The average Bonchev–Trinajstić information content (AvgIpc) is 2.50. The van der Waals surface area contributed by atoms with Crippen LogP contribution in [-0.2, 0) is 12.8 Å². The maximum Gasteiger partial charge on any atom is 0.126 e. The van der Waals surface area contributed by atoms with Crippen LogP contribution in [0.25, 0.3) is 6.08 Å². The first-order chi connectivity index (χ1) is 10.6. The van der Waals surface area contributed by atoms with Crippen LogP contribution in [0.15, 0.2) is 60.2 Å². The number of hydrogen-bond acceptors (Lipinski definition) is 2. The summed E-state index contributed by atoms with van der Waals surface area (Å²) in [6, 6.07) is 13.5. The largest absolute Gasteiger partial charge is 0.508 e. The Hall–Kier alpha value is -2.48. The number of phenolic OH excluding ortho intramolecular Hbond substituents is 2. The lowest BCUT2D eigenvalue weighted by molar-refractivity contribution is 0.437. The van der Waals surface area contributed by atoms with Crippen molar-refractivity contribution in [3.05, 3.63) is 76.9 Å². The van der Waals surface area contributed by atoms with E-state index in [0.717, 1.165) is 16.7 Å². The molecule has 0 radical (unpaired) electrons. The lowest BCUT2D eigenvalue weighted by Gasteiger charge is -2.09. The number of hydrogen-bond donors (Lipinski definition) is 2. The lowest BCUT2D eigenvalue weighted by atomic mass is 10.0. The summed E-state index contributed by atoms with van der Waals surface area (Å²) < 4.78 is 0. The molecule has 0 fully saturated rings. The Kier molecular flexibility index (Phi) is 5.42. The third-order valence-corrected chi connectivity index (χ3v) is 3.50. The predicted molar refractivity (Wildman–Crippen MR) is 92.1 cm³/mol. The van der Waals surface area contributed by atoms with Gasteiger partial charge in [-0.1, -0.05) is 60.2 Å². The molecule has 2 aromatic carbocycles. The molecule has 2 heteroatoms. The van der Waals surface area contributed by atoms with Crippen molar-refractivity contribution >= 4 is 6.08 Å². The fraction of sp³-hybridized carbons (Fsp3) is 0.200. The van der Waals surface area contributed by atoms with E-state index >= 15 is 0 Å². The molecule has 22 heavy (non-hydrogen) atoms. The predicted octanol–water partition coefficient (Wildman–Crippen LogP) is 4.86. The summed E-state index contributed by atoms with van der Waals surface area (Å²) in [6.07, 6.45) is 7.21. The monoisotopic (exact) mass is 294 g/mol. The number of benzene rings is 2. The third-order valence-electron chi connectivity index (χ3n) is 3.50. The first-order valence-corrected chi connectivity index (χ1v) is 7.45. The molecule has 2 nitrogen and oxygen atoms in total. The van der Waals surface area contributed by atoms with Crippen molar-refractivity contribution in [2.45, 2.75) is 26.7 Å².